The van der Waals surface area contributed by atoms with Crippen LogP contribution >= 0.6 is 0 Å². The number of primary amides is 1. The normalized spacial score (nSPS) is 11.2. The van der Waals surface area contributed by atoms with E-state index in [4.69, 9.17) is 19.9 Å². The fraction of sp³-hybridized carbons (Fsp3) is 0.263. The number of benzene rings is 2. The Balaban J connectivity index is 2.16. The minimum atomic E-state index is -3.82. The highest BCUT2D eigenvalue weighted by Crippen LogP contribution is 2.27. The SMILES string of the molecule is COc1ccc(C(=O)OCc2cccc(OCC(N)=O)c2)cc1S(=O)(=O)N(C)C. The molecule has 29 heavy (non-hydrogen) atoms. The molecule has 0 aliphatic carbocycles. The largest absolute Gasteiger partial charge is 0.495 e. The summed E-state index contributed by atoms with van der Waals surface area (Å²) in [6.45, 7) is -0.341. The number of carbonyl (C=O) groups is 2. The summed E-state index contributed by atoms with van der Waals surface area (Å²) in [4.78, 5) is 23.1. The molecule has 2 aromatic carbocycles. The molecule has 0 aliphatic heterocycles. The number of nitrogens with zero attached hydrogens (tertiary/aromatic N) is 1. The van der Waals surface area contributed by atoms with Gasteiger partial charge in [-0.1, -0.05) is 12.1 Å². The molecule has 2 aromatic rings. The molecule has 0 radical (unpaired) electrons. The Morgan fingerprint density at radius 2 is 1.83 bits per heavy atom. The third kappa shape index (κ3) is 5.69. The fourth-order valence-electron chi connectivity index (χ4n) is 2.31. The number of ether oxygens (including phenoxy) is 3. The average molecular weight is 422 g/mol. The number of hydrogen-bond acceptors (Lipinski definition) is 7. The molecule has 9 nitrogen and oxygen atoms in total. The van der Waals surface area contributed by atoms with Crippen molar-refractivity contribution in [2.75, 3.05) is 27.8 Å². The Morgan fingerprint density at radius 3 is 2.45 bits per heavy atom. The molecule has 2 N–H and O–H groups in total. The van der Waals surface area contributed by atoms with E-state index in [0.717, 1.165) is 4.31 Å². The maximum Gasteiger partial charge on any atom is 0.338 e. The van der Waals surface area contributed by atoms with Gasteiger partial charge in [-0.2, -0.15) is 0 Å². The van der Waals surface area contributed by atoms with Crippen LogP contribution in [0.3, 0.4) is 0 Å². The molecule has 0 heterocycles. The van der Waals surface area contributed by atoms with E-state index < -0.39 is 21.9 Å². The molecule has 156 valence electrons. The van der Waals surface area contributed by atoms with Gasteiger partial charge in [-0.05, 0) is 35.9 Å². The lowest BCUT2D eigenvalue weighted by Gasteiger charge is -2.15. The van der Waals surface area contributed by atoms with Crippen LogP contribution in [0.2, 0.25) is 0 Å². The van der Waals surface area contributed by atoms with Crippen molar-refractivity contribution in [2.24, 2.45) is 5.73 Å². The van der Waals surface area contributed by atoms with Gasteiger partial charge in [-0.15, -0.1) is 0 Å². The number of nitrogens with two attached hydrogens (primary N) is 1. The standard InChI is InChI=1S/C19H22N2O7S/c1-21(2)29(24,25)17-10-14(7-8-16(17)26-3)19(23)28-11-13-5-4-6-15(9-13)27-12-18(20)22/h4-10H,11-12H2,1-3H3,(H2,20,22). The van der Waals surface area contributed by atoms with Crippen LogP contribution < -0.4 is 15.2 Å². The van der Waals surface area contributed by atoms with Crippen LogP contribution in [0.1, 0.15) is 15.9 Å². The number of rotatable bonds is 9. The summed E-state index contributed by atoms with van der Waals surface area (Å²) in [6, 6.07) is 10.6. The lowest BCUT2D eigenvalue weighted by molar-refractivity contribution is -0.119. The van der Waals surface area contributed by atoms with Gasteiger partial charge in [0, 0.05) is 14.1 Å². The quantitative estimate of drug-likeness (QED) is 0.601. The minimum absolute atomic E-state index is 0.0624. The Morgan fingerprint density at radius 1 is 1.10 bits per heavy atom. The zero-order valence-corrected chi connectivity index (χ0v) is 17.1. The van der Waals surface area contributed by atoms with E-state index in [1.165, 1.54) is 39.4 Å². The van der Waals surface area contributed by atoms with Crippen molar-refractivity contribution in [1.29, 1.82) is 0 Å². The third-order valence-corrected chi connectivity index (χ3v) is 5.64. The summed E-state index contributed by atoms with van der Waals surface area (Å²) >= 11 is 0. The summed E-state index contributed by atoms with van der Waals surface area (Å²) in [6.07, 6.45) is 0. The van der Waals surface area contributed by atoms with Crippen LogP contribution in [0.15, 0.2) is 47.4 Å². The van der Waals surface area contributed by atoms with Gasteiger partial charge in [0.1, 0.15) is 23.0 Å². The number of methoxy groups -OCH3 is 1. The van der Waals surface area contributed by atoms with E-state index in [1.807, 2.05) is 0 Å². The molecule has 0 fully saturated rings. The number of esters is 1. The van der Waals surface area contributed by atoms with Gasteiger partial charge in [0.2, 0.25) is 10.0 Å². The average Bonchev–Trinajstić information content (AvgIpc) is 2.70. The first-order valence-electron chi connectivity index (χ1n) is 8.43. The van der Waals surface area contributed by atoms with Crippen molar-refractivity contribution in [3.05, 3.63) is 53.6 Å². The number of amides is 1. The second-order valence-electron chi connectivity index (χ2n) is 6.13. The third-order valence-electron chi connectivity index (χ3n) is 3.81. The van der Waals surface area contributed by atoms with Crippen LogP contribution in [0, 0.1) is 0 Å². The van der Waals surface area contributed by atoms with Crippen LogP contribution in [0.25, 0.3) is 0 Å². The molecule has 2 rings (SSSR count). The monoisotopic (exact) mass is 422 g/mol. The molecular weight excluding hydrogens is 400 g/mol. The van der Waals surface area contributed by atoms with Gasteiger partial charge in [0.05, 0.1) is 12.7 Å². The molecule has 0 spiro atoms. The first kappa shape index (κ1) is 22.2. The number of hydrogen-bond donors (Lipinski definition) is 1. The van der Waals surface area contributed by atoms with Crippen molar-refractivity contribution < 1.29 is 32.2 Å². The molecule has 0 aromatic heterocycles. The number of carbonyl (C=O) groups excluding carboxylic acids is 2. The molecular formula is C19H22N2O7S. The van der Waals surface area contributed by atoms with E-state index in [0.29, 0.717) is 11.3 Å². The summed E-state index contributed by atoms with van der Waals surface area (Å²) in [5.41, 5.74) is 5.72. The van der Waals surface area contributed by atoms with Crippen molar-refractivity contribution in [1.82, 2.24) is 4.31 Å². The van der Waals surface area contributed by atoms with Crippen molar-refractivity contribution in [2.45, 2.75) is 11.5 Å². The molecule has 0 aliphatic rings. The summed E-state index contributed by atoms with van der Waals surface area (Å²) in [5.74, 6) is -0.785. The lowest BCUT2D eigenvalue weighted by Crippen LogP contribution is -2.23. The molecule has 0 bridgehead atoms. The van der Waals surface area contributed by atoms with Crippen molar-refractivity contribution in [3.8, 4) is 11.5 Å². The van der Waals surface area contributed by atoms with Crippen LogP contribution in [-0.2, 0) is 26.2 Å². The first-order valence-corrected chi connectivity index (χ1v) is 9.87. The predicted octanol–water partition coefficient (Wildman–Crippen LogP) is 1.17. The maximum absolute atomic E-state index is 12.5. The second-order valence-corrected chi connectivity index (χ2v) is 8.25. The fourth-order valence-corrected chi connectivity index (χ4v) is 3.39. The van der Waals surface area contributed by atoms with Gasteiger partial charge in [0.15, 0.2) is 6.61 Å². The first-order chi connectivity index (χ1) is 13.6. The second kappa shape index (κ2) is 9.39. The molecule has 0 unspecified atom stereocenters. The van der Waals surface area contributed by atoms with Gasteiger partial charge in [-0.3, -0.25) is 4.79 Å². The molecule has 0 saturated heterocycles. The summed E-state index contributed by atoms with van der Waals surface area (Å²) < 4.78 is 41.5. The van der Waals surface area contributed by atoms with Gasteiger partial charge in [0.25, 0.3) is 5.91 Å². The Hall–Kier alpha value is -3.11. The van der Waals surface area contributed by atoms with Crippen LogP contribution in [0.5, 0.6) is 11.5 Å². The summed E-state index contributed by atoms with van der Waals surface area (Å²) in [5, 5.41) is 0. The Kier molecular flexibility index (Phi) is 7.18. The molecule has 0 atom stereocenters. The molecule has 10 heteroatoms. The van der Waals surface area contributed by atoms with E-state index in [9.17, 15) is 18.0 Å². The van der Waals surface area contributed by atoms with Gasteiger partial charge in [-0.25, -0.2) is 17.5 Å². The van der Waals surface area contributed by atoms with Crippen LogP contribution in [-0.4, -0.2) is 52.4 Å². The highest BCUT2D eigenvalue weighted by molar-refractivity contribution is 7.89. The molecule has 0 saturated carbocycles. The van der Waals surface area contributed by atoms with E-state index in [2.05, 4.69) is 0 Å². The summed E-state index contributed by atoms with van der Waals surface area (Å²) in [7, 11) is 0.291. The maximum atomic E-state index is 12.5. The number of sulfonamides is 1. The lowest BCUT2D eigenvalue weighted by atomic mass is 10.2. The predicted molar refractivity (Wildman–Crippen MR) is 104 cm³/mol. The zero-order chi connectivity index (χ0) is 21.6. The van der Waals surface area contributed by atoms with E-state index in [-0.39, 0.29) is 29.4 Å². The molecule has 1 amide bonds. The van der Waals surface area contributed by atoms with Crippen molar-refractivity contribution >= 4 is 21.9 Å². The zero-order valence-electron chi connectivity index (χ0n) is 16.2. The highest BCUT2D eigenvalue weighted by atomic mass is 32.2. The minimum Gasteiger partial charge on any atom is -0.495 e. The van der Waals surface area contributed by atoms with Crippen LogP contribution in [0.4, 0.5) is 0 Å². The van der Waals surface area contributed by atoms with E-state index in [1.54, 1.807) is 24.3 Å². The van der Waals surface area contributed by atoms with Gasteiger partial charge < -0.3 is 19.9 Å². The van der Waals surface area contributed by atoms with E-state index >= 15 is 0 Å². The highest BCUT2D eigenvalue weighted by Gasteiger charge is 2.24. The smallest absolute Gasteiger partial charge is 0.338 e. The Labute approximate surface area is 169 Å². The van der Waals surface area contributed by atoms with Gasteiger partial charge >= 0.3 is 5.97 Å². The Bertz CT molecular complexity index is 1000. The van der Waals surface area contributed by atoms with Crippen molar-refractivity contribution in [3.63, 3.8) is 0 Å². The topological polar surface area (TPSA) is 125 Å².